The number of esters is 1. The third-order valence-electron chi connectivity index (χ3n) is 4.50. The van der Waals surface area contributed by atoms with Crippen molar-refractivity contribution in [2.75, 3.05) is 27.4 Å². The van der Waals surface area contributed by atoms with E-state index in [-0.39, 0.29) is 18.1 Å². The summed E-state index contributed by atoms with van der Waals surface area (Å²) in [6, 6.07) is 8.19. The van der Waals surface area contributed by atoms with Gasteiger partial charge in [0.05, 0.1) is 19.8 Å². The van der Waals surface area contributed by atoms with Gasteiger partial charge in [0.1, 0.15) is 0 Å². The van der Waals surface area contributed by atoms with Crippen molar-refractivity contribution in [2.24, 2.45) is 0 Å². The fourth-order valence-electron chi connectivity index (χ4n) is 3.07. The summed E-state index contributed by atoms with van der Waals surface area (Å²) in [6.45, 7) is 0.586. The molecule has 0 bridgehead atoms. The van der Waals surface area contributed by atoms with Gasteiger partial charge in [0.2, 0.25) is 0 Å². The monoisotopic (exact) mass is 423 g/mol. The largest absolute Gasteiger partial charge is 0.493 e. The van der Waals surface area contributed by atoms with Crippen LogP contribution in [0.2, 0.25) is 10.0 Å². The smallest absolute Gasteiger partial charge is 0.338 e. The number of methoxy groups -OCH3 is 2. The van der Waals surface area contributed by atoms with Crippen LogP contribution in [0.4, 0.5) is 0 Å². The highest BCUT2D eigenvalue weighted by molar-refractivity contribution is 6.35. The van der Waals surface area contributed by atoms with Crippen molar-refractivity contribution in [3.63, 3.8) is 0 Å². The van der Waals surface area contributed by atoms with Crippen LogP contribution >= 0.6 is 23.2 Å². The van der Waals surface area contributed by atoms with Gasteiger partial charge in [-0.25, -0.2) is 4.79 Å². The summed E-state index contributed by atoms with van der Waals surface area (Å²) in [7, 11) is 3.15. The van der Waals surface area contributed by atoms with E-state index in [1.165, 1.54) is 18.2 Å². The lowest BCUT2D eigenvalue weighted by atomic mass is 9.99. The summed E-state index contributed by atoms with van der Waals surface area (Å²) in [5.41, 5.74) is 2.28. The second-order valence-electron chi connectivity index (χ2n) is 6.28. The summed E-state index contributed by atoms with van der Waals surface area (Å²) >= 11 is 11.8. The summed E-state index contributed by atoms with van der Waals surface area (Å²) in [6.07, 6.45) is 0.680. The number of fused-ring (bicyclic) bond motifs is 1. The van der Waals surface area contributed by atoms with Gasteiger partial charge in [-0.05, 0) is 47.9 Å². The van der Waals surface area contributed by atoms with Crippen molar-refractivity contribution in [1.29, 1.82) is 0 Å². The van der Waals surface area contributed by atoms with E-state index >= 15 is 0 Å². The minimum atomic E-state index is -0.651. The van der Waals surface area contributed by atoms with E-state index in [1.807, 2.05) is 12.1 Å². The number of ether oxygens (including phenoxy) is 3. The third kappa shape index (κ3) is 4.51. The van der Waals surface area contributed by atoms with E-state index in [2.05, 4.69) is 0 Å². The SMILES string of the molecule is COc1cc2c(cc1OC)CN(C(=O)COC(=O)c1cc(Cl)cc(Cl)c1)CC2. The number of halogens is 2. The molecule has 0 atom stereocenters. The standard InChI is InChI=1S/C20H19Cl2NO5/c1-26-17-7-12-3-4-23(10-14(12)8-18(17)27-2)19(24)11-28-20(25)13-5-15(21)9-16(22)6-13/h5-9H,3-4,10-11H2,1-2H3. The number of hydrogen-bond donors (Lipinski definition) is 0. The maximum Gasteiger partial charge on any atom is 0.338 e. The quantitative estimate of drug-likeness (QED) is 0.685. The van der Waals surface area contributed by atoms with Crippen LogP contribution in [0.15, 0.2) is 30.3 Å². The van der Waals surface area contributed by atoms with Crippen molar-refractivity contribution in [3.05, 3.63) is 57.1 Å². The Kier molecular flexibility index (Phi) is 6.31. The minimum Gasteiger partial charge on any atom is -0.493 e. The molecular weight excluding hydrogens is 405 g/mol. The summed E-state index contributed by atoms with van der Waals surface area (Å²) in [5.74, 6) is 0.346. The zero-order valence-corrected chi connectivity index (χ0v) is 17.0. The number of benzene rings is 2. The van der Waals surface area contributed by atoms with E-state index in [1.54, 1.807) is 19.1 Å². The van der Waals surface area contributed by atoms with Crippen LogP contribution in [0.5, 0.6) is 11.5 Å². The maximum absolute atomic E-state index is 12.5. The number of rotatable bonds is 5. The van der Waals surface area contributed by atoms with Gasteiger partial charge >= 0.3 is 5.97 Å². The molecule has 0 saturated carbocycles. The molecule has 8 heteroatoms. The lowest BCUT2D eigenvalue weighted by molar-refractivity contribution is -0.135. The molecular formula is C20H19Cl2NO5. The van der Waals surface area contributed by atoms with Gasteiger partial charge in [-0.3, -0.25) is 4.79 Å². The van der Waals surface area contributed by atoms with Crippen LogP contribution in [-0.2, 0) is 22.5 Å². The fraction of sp³-hybridized carbons (Fsp3) is 0.300. The minimum absolute atomic E-state index is 0.200. The van der Waals surface area contributed by atoms with Crippen LogP contribution in [0, 0.1) is 0 Å². The second kappa shape index (κ2) is 8.71. The van der Waals surface area contributed by atoms with Gasteiger partial charge in [-0.15, -0.1) is 0 Å². The zero-order valence-electron chi connectivity index (χ0n) is 15.5. The average molecular weight is 424 g/mol. The van der Waals surface area contributed by atoms with E-state index < -0.39 is 5.97 Å². The van der Waals surface area contributed by atoms with Crippen LogP contribution in [-0.4, -0.2) is 44.1 Å². The van der Waals surface area contributed by atoms with E-state index in [0.29, 0.717) is 41.1 Å². The van der Waals surface area contributed by atoms with Crippen LogP contribution in [0.3, 0.4) is 0 Å². The molecule has 2 aromatic rings. The van der Waals surface area contributed by atoms with Crippen LogP contribution in [0.25, 0.3) is 0 Å². The number of carbonyl (C=O) groups excluding carboxylic acids is 2. The normalized spacial score (nSPS) is 12.9. The Hall–Kier alpha value is -2.44. The van der Waals surface area contributed by atoms with Crippen molar-refractivity contribution in [1.82, 2.24) is 4.90 Å². The number of hydrogen-bond acceptors (Lipinski definition) is 5. The Labute approximate surface area is 172 Å². The third-order valence-corrected chi connectivity index (χ3v) is 4.93. The molecule has 0 unspecified atom stereocenters. The molecule has 1 aliphatic heterocycles. The van der Waals surface area contributed by atoms with E-state index in [4.69, 9.17) is 37.4 Å². The number of amides is 1. The first-order chi connectivity index (χ1) is 13.4. The van der Waals surface area contributed by atoms with Crippen molar-refractivity contribution < 1.29 is 23.8 Å². The average Bonchev–Trinajstić information content (AvgIpc) is 2.69. The molecule has 6 nitrogen and oxygen atoms in total. The Morgan fingerprint density at radius 3 is 2.18 bits per heavy atom. The first kappa shape index (κ1) is 20.3. The van der Waals surface area contributed by atoms with Crippen molar-refractivity contribution in [3.8, 4) is 11.5 Å². The molecule has 0 fully saturated rings. The molecule has 1 heterocycles. The molecule has 1 amide bonds. The van der Waals surface area contributed by atoms with Crippen molar-refractivity contribution in [2.45, 2.75) is 13.0 Å². The Morgan fingerprint density at radius 2 is 1.57 bits per heavy atom. The molecule has 0 spiro atoms. The maximum atomic E-state index is 12.5. The van der Waals surface area contributed by atoms with E-state index in [0.717, 1.165) is 11.1 Å². The van der Waals surface area contributed by atoms with Gasteiger partial charge < -0.3 is 19.1 Å². The topological polar surface area (TPSA) is 65.1 Å². The molecule has 2 aromatic carbocycles. The molecule has 0 N–H and O–H groups in total. The number of nitrogens with zero attached hydrogens (tertiary/aromatic N) is 1. The Morgan fingerprint density at radius 1 is 0.964 bits per heavy atom. The molecule has 1 aliphatic rings. The summed E-state index contributed by atoms with van der Waals surface area (Å²) in [4.78, 5) is 26.3. The highest BCUT2D eigenvalue weighted by Crippen LogP contribution is 2.33. The predicted octanol–water partition coefficient (Wildman–Crippen LogP) is 3.75. The van der Waals surface area contributed by atoms with Gasteiger partial charge in [0, 0.05) is 23.1 Å². The zero-order chi connectivity index (χ0) is 20.3. The predicted molar refractivity (Wildman–Crippen MR) is 105 cm³/mol. The molecule has 0 aromatic heterocycles. The lowest BCUT2D eigenvalue weighted by Crippen LogP contribution is -2.38. The fourth-order valence-corrected chi connectivity index (χ4v) is 3.60. The number of carbonyl (C=O) groups is 2. The first-order valence-electron chi connectivity index (χ1n) is 8.56. The van der Waals surface area contributed by atoms with Gasteiger partial charge in [-0.2, -0.15) is 0 Å². The summed E-state index contributed by atoms with van der Waals surface area (Å²) in [5, 5.41) is 0.644. The Balaban J connectivity index is 1.64. The van der Waals surface area contributed by atoms with Crippen LogP contribution in [0.1, 0.15) is 21.5 Å². The highest BCUT2D eigenvalue weighted by Gasteiger charge is 2.24. The second-order valence-corrected chi connectivity index (χ2v) is 7.15. The molecule has 0 radical (unpaired) electrons. The molecule has 0 saturated heterocycles. The van der Waals surface area contributed by atoms with Crippen LogP contribution < -0.4 is 9.47 Å². The highest BCUT2D eigenvalue weighted by atomic mass is 35.5. The molecule has 28 heavy (non-hydrogen) atoms. The van der Waals surface area contributed by atoms with Crippen molar-refractivity contribution >= 4 is 35.1 Å². The molecule has 148 valence electrons. The Bertz CT molecular complexity index is 895. The lowest BCUT2D eigenvalue weighted by Gasteiger charge is -2.29. The van der Waals surface area contributed by atoms with Gasteiger partial charge in [-0.1, -0.05) is 23.2 Å². The van der Waals surface area contributed by atoms with E-state index in [9.17, 15) is 9.59 Å². The van der Waals surface area contributed by atoms with Gasteiger partial charge in [0.15, 0.2) is 18.1 Å². The van der Waals surface area contributed by atoms with Gasteiger partial charge in [0.25, 0.3) is 5.91 Å². The first-order valence-corrected chi connectivity index (χ1v) is 9.31. The summed E-state index contributed by atoms with van der Waals surface area (Å²) < 4.78 is 15.8. The molecule has 0 aliphatic carbocycles. The molecule has 3 rings (SSSR count).